The monoisotopic (exact) mass is 434 g/mol. The number of nitrogens with zero attached hydrogens (tertiary/aromatic N) is 3. The van der Waals surface area contributed by atoms with Crippen molar-refractivity contribution in [3.63, 3.8) is 0 Å². The van der Waals surface area contributed by atoms with Gasteiger partial charge < -0.3 is 21.1 Å². The Balaban J connectivity index is 1.62. The first-order valence-electron chi connectivity index (χ1n) is 9.43. The molecule has 0 spiro atoms. The molecule has 1 aromatic carbocycles. The maximum absolute atomic E-state index is 14.2. The molecule has 1 fully saturated rings. The zero-order valence-corrected chi connectivity index (χ0v) is 16.1. The minimum absolute atomic E-state index is 0.127. The third-order valence-electron chi connectivity index (χ3n) is 4.70. The molecule has 0 aliphatic carbocycles. The lowest BCUT2D eigenvalue weighted by molar-refractivity contribution is 0.254. The predicted molar refractivity (Wildman–Crippen MR) is 106 cm³/mol. The Labute approximate surface area is 174 Å². The first-order valence-corrected chi connectivity index (χ1v) is 9.43. The highest BCUT2D eigenvalue weighted by Crippen LogP contribution is 2.34. The molecular formula is C20H18F4N6O. The van der Waals surface area contributed by atoms with E-state index in [0.717, 1.165) is 0 Å². The van der Waals surface area contributed by atoms with Crippen molar-refractivity contribution in [2.75, 3.05) is 24.1 Å². The molecular weight excluding hydrogens is 416 g/mol. The third-order valence-corrected chi connectivity index (χ3v) is 4.70. The summed E-state index contributed by atoms with van der Waals surface area (Å²) in [6.07, 6.45) is 2.20. The van der Waals surface area contributed by atoms with Crippen molar-refractivity contribution in [3.8, 4) is 22.9 Å². The fourth-order valence-electron chi connectivity index (χ4n) is 3.19. The van der Waals surface area contributed by atoms with Gasteiger partial charge in [0.2, 0.25) is 17.6 Å². The Bertz CT molecular complexity index is 1100. The quantitative estimate of drug-likeness (QED) is 0.322. The fourth-order valence-corrected chi connectivity index (χ4v) is 3.19. The van der Waals surface area contributed by atoms with Gasteiger partial charge in [-0.25, -0.2) is 28.1 Å². The molecule has 162 valence electrons. The second kappa shape index (κ2) is 8.72. The maximum Gasteiger partial charge on any atom is 0.228 e. The van der Waals surface area contributed by atoms with Gasteiger partial charge >= 0.3 is 0 Å². The van der Waals surface area contributed by atoms with Crippen molar-refractivity contribution in [1.82, 2.24) is 20.3 Å². The van der Waals surface area contributed by atoms with Crippen molar-refractivity contribution in [3.05, 3.63) is 54.1 Å². The number of hydrogen-bond donors (Lipinski definition) is 3. The summed E-state index contributed by atoms with van der Waals surface area (Å²) < 4.78 is 60.7. The lowest BCUT2D eigenvalue weighted by atomic mass is 10.1. The Kier molecular flexibility index (Phi) is 5.85. The highest BCUT2D eigenvalue weighted by molar-refractivity contribution is 5.66. The van der Waals surface area contributed by atoms with Crippen LogP contribution in [0.2, 0.25) is 0 Å². The number of nitrogens with two attached hydrogens (primary N) is 1. The van der Waals surface area contributed by atoms with Gasteiger partial charge in [-0.3, -0.25) is 0 Å². The number of alkyl halides is 1. The summed E-state index contributed by atoms with van der Waals surface area (Å²) >= 11 is 0. The molecule has 0 bridgehead atoms. The summed E-state index contributed by atoms with van der Waals surface area (Å²) in [5, 5.41) is 6.04. The number of nitrogen functional groups attached to an aromatic ring is 1. The summed E-state index contributed by atoms with van der Waals surface area (Å²) in [5.41, 5.74) is 4.90. The highest BCUT2D eigenvalue weighted by Gasteiger charge is 2.23. The van der Waals surface area contributed by atoms with Crippen molar-refractivity contribution in [2.45, 2.75) is 18.6 Å². The van der Waals surface area contributed by atoms with Gasteiger partial charge in [-0.05, 0) is 18.2 Å². The van der Waals surface area contributed by atoms with Crippen molar-refractivity contribution in [1.29, 1.82) is 0 Å². The first-order chi connectivity index (χ1) is 14.9. The molecule has 1 aliphatic rings. The third kappa shape index (κ3) is 4.50. The smallest absolute Gasteiger partial charge is 0.228 e. The second-order valence-corrected chi connectivity index (χ2v) is 6.95. The summed E-state index contributed by atoms with van der Waals surface area (Å²) in [5.74, 6) is -4.73. The Morgan fingerprint density at radius 1 is 1.10 bits per heavy atom. The summed E-state index contributed by atoms with van der Waals surface area (Å²) in [6.45, 7) is 0.862. The largest absolute Gasteiger partial charge is 0.435 e. The lowest BCUT2D eigenvalue weighted by Crippen LogP contribution is -2.44. The molecule has 3 heterocycles. The molecule has 1 unspecified atom stereocenters. The van der Waals surface area contributed by atoms with Crippen LogP contribution in [-0.2, 0) is 0 Å². The molecule has 0 radical (unpaired) electrons. The average Bonchev–Trinajstić information content (AvgIpc) is 2.76. The standard InChI is InChI=1S/C20H18F4N6O/c21-10-6-11(9-26-8-10)29-20-28-5-3-14(30-20)12-2-1-4-27-19(12)31-15-7-13(22)18(25)17(24)16(15)23/h1-5,7,10-11,26H,6,8-9,25H2,(H,28,29,30)/t10-,11?/m0/s1. The number of halogens is 4. The molecule has 3 aromatic rings. The van der Waals surface area contributed by atoms with E-state index >= 15 is 0 Å². The lowest BCUT2D eigenvalue weighted by Gasteiger charge is -2.26. The zero-order valence-electron chi connectivity index (χ0n) is 16.1. The minimum Gasteiger partial charge on any atom is -0.435 e. The van der Waals surface area contributed by atoms with E-state index in [1.807, 2.05) is 0 Å². The van der Waals surface area contributed by atoms with Crippen LogP contribution < -0.4 is 21.1 Å². The van der Waals surface area contributed by atoms with Crippen LogP contribution in [0.25, 0.3) is 11.3 Å². The van der Waals surface area contributed by atoms with E-state index in [0.29, 0.717) is 36.8 Å². The molecule has 0 amide bonds. The molecule has 11 heteroatoms. The number of nitrogens with one attached hydrogen (secondary N) is 2. The predicted octanol–water partition coefficient (Wildman–Crippen LogP) is 3.44. The Morgan fingerprint density at radius 2 is 1.94 bits per heavy atom. The van der Waals surface area contributed by atoms with Crippen molar-refractivity contribution >= 4 is 11.6 Å². The van der Waals surface area contributed by atoms with Gasteiger partial charge in [0, 0.05) is 44.0 Å². The van der Waals surface area contributed by atoms with Crippen LogP contribution in [0.4, 0.5) is 29.2 Å². The van der Waals surface area contributed by atoms with Crippen LogP contribution in [0, 0.1) is 17.5 Å². The van der Waals surface area contributed by atoms with Crippen LogP contribution >= 0.6 is 0 Å². The number of piperidine rings is 1. The van der Waals surface area contributed by atoms with Gasteiger partial charge in [-0.2, -0.15) is 4.39 Å². The number of anilines is 2. The van der Waals surface area contributed by atoms with Crippen LogP contribution in [0.3, 0.4) is 0 Å². The maximum atomic E-state index is 14.2. The summed E-state index contributed by atoms with van der Waals surface area (Å²) in [4.78, 5) is 12.5. The number of hydrogen-bond acceptors (Lipinski definition) is 7. The Morgan fingerprint density at radius 3 is 2.74 bits per heavy atom. The number of aromatic nitrogens is 3. The molecule has 2 atom stereocenters. The molecule has 4 rings (SSSR count). The minimum atomic E-state index is -1.55. The van der Waals surface area contributed by atoms with Gasteiger partial charge in [0.1, 0.15) is 11.9 Å². The average molecular weight is 434 g/mol. The molecule has 0 saturated carbocycles. The van der Waals surface area contributed by atoms with Crippen LogP contribution in [-0.4, -0.2) is 40.3 Å². The van der Waals surface area contributed by atoms with E-state index < -0.39 is 35.1 Å². The van der Waals surface area contributed by atoms with E-state index in [2.05, 4.69) is 25.6 Å². The second-order valence-electron chi connectivity index (χ2n) is 6.95. The molecule has 2 aromatic heterocycles. The zero-order chi connectivity index (χ0) is 22.0. The van der Waals surface area contributed by atoms with E-state index in [1.165, 1.54) is 12.4 Å². The van der Waals surface area contributed by atoms with Crippen molar-refractivity contribution in [2.24, 2.45) is 0 Å². The summed E-state index contributed by atoms with van der Waals surface area (Å²) in [7, 11) is 0. The van der Waals surface area contributed by atoms with Gasteiger partial charge in [0.05, 0.1) is 11.3 Å². The molecule has 1 saturated heterocycles. The molecule has 7 nitrogen and oxygen atoms in total. The number of rotatable bonds is 5. The highest BCUT2D eigenvalue weighted by atomic mass is 19.2. The number of ether oxygens (including phenoxy) is 1. The fraction of sp³-hybridized carbons (Fsp3) is 0.250. The molecule has 4 N–H and O–H groups in total. The molecule has 1 aliphatic heterocycles. The van der Waals surface area contributed by atoms with Crippen LogP contribution in [0.5, 0.6) is 11.6 Å². The van der Waals surface area contributed by atoms with Gasteiger partial charge in [0.25, 0.3) is 0 Å². The van der Waals surface area contributed by atoms with E-state index in [1.54, 1.807) is 18.2 Å². The topological polar surface area (TPSA) is 98.0 Å². The van der Waals surface area contributed by atoms with E-state index in [9.17, 15) is 17.6 Å². The number of pyridine rings is 1. The van der Waals surface area contributed by atoms with Crippen LogP contribution in [0.15, 0.2) is 36.7 Å². The van der Waals surface area contributed by atoms with Gasteiger partial charge in [-0.15, -0.1) is 0 Å². The first kappa shape index (κ1) is 20.8. The molecule has 31 heavy (non-hydrogen) atoms. The van der Waals surface area contributed by atoms with Crippen LogP contribution in [0.1, 0.15) is 6.42 Å². The number of benzene rings is 1. The van der Waals surface area contributed by atoms with E-state index in [-0.39, 0.29) is 17.9 Å². The SMILES string of the molecule is Nc1c(F)cc(Oc2ncccc2-c2ccnc(NC3CNC[C@@H](F)C3)n2)c(F)c1F. The Hall–Kier alpha value is -3.47. The van der Waals surface area contributed by atoms with E-state index in [4.69, 9.17) is 10.5 Å². The van der Waals surface area contributed by atoms with Gasteiger partial charge in [0.15, 0.2) is 17.4 Å². The normalized spacial score (nSPS) is 18.6. The van der Waals surface area contributed by atoms with Crippen molar-refractivity contribution < 1.29 is 22.3 Å². The summed E-state index contributed by atoms with van der Waals surface area (Å²) in [6, 6.07) is 5.20. The van der Waals surface area contributed by atoms with Gasteiger partial charge in [-0.1, -0.05) is 0 Å².